The molecule has 0 aromatic carbocycles. The van der Waals surface area contributed by atoms with Gasteiger partial charge in [-0.25, -0.2) is 0 Å². The van der Waals surface area contributed by atoms with Gasteiger partial charge in [0.1, 0.15) is 5.78 Å². The molecule has 0 saturated heterocycles. The van der Waals surface area contributed by atoms with Crippen LogP contribution in [-0.4, -0.2) is 5.78 Å². The van der Waals surface area contributed by atoms with Crippen LogP contribution >= 0.6 is 0 Å². The number of rotatable bonds is 0. The largest absolute Gasteiger partial charge is 0.299 e. The fourth-order valence-corrected chi connectivity index (χ4v) is 2.31. The lowest BCUT2D eigenvalue weighted by Crippen LogP contribution is -2.05. The van der Waals surface area contributed by atoms with E-state index in [1.165, 1.54) is 12.8 Å². The third-order valence-corrected chi connectivity index (χ3v) is 2.90. The maximum atomic E-state index is 11.4. The maximum absolute atomic E-state index is 11.4. The number of hydrogen-bond donors (Lipinski definition) is 0. The predicted octanol–water partition coefficient (Wildman–Crippen LogP) is 2.16. The van der Waals surface area contributed by atoms with Crippen molar-refractivity contribution in [2.75, 3.05) is 0 Å². The fourth-order valence-electron chi connectivity index (χ4n) is 2.31. The van der Waals surface area contributed by atoms with Crippen molar-refractivity contribution >= 4 is 5.78 Å². The average Bonchev–Trinajstić information content (AvgIpc) is 2.40. The van der Waals surface area contributed by atoms with E-state index >= 15 is 0 Å². The Bertz CT molecular complexity index is 187. The van der Waals surface area contributed by atoms with Crippen LogP contribution in [0, 0.1) is 10.8 Å². The maximum Gasteiger partial charge on any atom is 0.139 e. The molecule has 0 aromatic rings. The summed E-state index contributed by atoms with van der Waals surface area (Å²) < 4.78 is 0. The molecule has 2 rings (SSSR count). The number of Topliss-reactive ketones (excluding diaryl/α,β-unsaturated/α-hetero) is 1. The molecule has 0 heterocycles. The quantitative estimate of drug-likeness (QED) is 0.501. The van der Waals surface area contributed by atoms with E-state index in [1.807, 2.05) is 0 Å². The van der Waals surface area contributed by atoms with Crippen molar-refractivity contribution < 1.29 is 4.79 Å². The lowest BCUT2D eigenvalue weighted by molar-refractivity contribution is -0.122. The van der Waals surface area contributed by atoms with Crippen LogP contribution in [0.2, 0.25) is 0 Å². The predicted molar refractivity (Wildman–Crippen MR) is 39.7 cm³/mol. The molecule has 1 heteroatoms. The number of carbonyl (C=O) groups excluding carboxylic acids is 1. The van der Waals surface area contributed by atoms with Crippen molar-refractivity contribution in [3.63, 3.8) is 0 Å². The highest BCUT2D eigenvalue weighted by Crippen LogP contribution is 2.60. The highest BCUT2D eigenvalue weighted by Gasteiger charge is 2.57. The molecule has 10 heavy (non-hydrogen) atoms. The van der Waals surface area contributed by atoms with Crippen LogP contribution in [0.3, 0.4) is 0 Å². The minimum absolute atomic E-state index is 0.198. The second-order valence-corrected chi connectivity index (χ2v) is 4.72. The molecule has 56 valence electrons. The van der Waals surface area contributed by atoms with Gasteiger partial charge in [-0.3, -0.25) is 4.79 Å². The normalized spacial score (nSPS) is 33.2. The summed E-state index contributed by atoms with van der Waals surface area (Å²) in [5, 5.41) is 0. The molecule has 0 aromatic heterocycles. The van der Waals surface area contributed by atoms with E-state index in [0.717, 1.165) is 12.8 Å². The second-order valence-electron chi connectivity index (χ2n) is 4.72. The Labute approximate surface area is 61.8 Å². The number of carbonyl (C=O) groups is 1. The fraction of sp³-hybridized carbons (Fsp3) is 0.889. The minimum atomic E-state index is 0.198. The SMILES string of the molecule is CC1(C)CC(=O)C2(CC2)C1. The van der Waals surface area contributed by atoms with E-state index in [0.29, 0.717) is 11.2 Å². The van der Waals surface area contributed by atoms with Crippen molar-refractivity contribution in [2.24, 2.45) is 10.8 Å². The van der Waals surface area contributed by atoms with Crippen LogP contribution in [0.1, 0.15) is 39.5 Å². The Morgan fingerprint density at radius 1 is 1.30 bits per heavy atom. The van der Waals surface area contributed by atoms with Crippen molar-refractivity contribution in [3.05, 3.63) is 0 Å². The minimum Gasteiger partial charge on any atom is -0.299 e. The summed E-state index contributed by atoms with van der Waals surface area (Å²) in [6.45, 7) is 4.41. The summed E-state index contributed by atoms with van der Waals surface area (Å²) in [5.74, 6) is 0.539. The Balaban J connectivity index is 2.23. The third kappa shape index (κ3) is 0.727. The first-order valence-electron chi connectivity index (χ1n) is 4.08. The van der Waals surface area contributed by atoms with Crippen LogP contribution < -0.4 is 0 Å². The van der Waals surface area contributed by atoms with E-state index in [-0.39, 0.29) is 5.41 Å². The molecule has 2 aliphatic carbocycles. The first kappa shape index (κ1) is 6.38. The molecule has 2 aliphatic rings. The lowest BCUT2D eigenvalue weighted by Gasteiger charge is -2.14. The van der Waals surface area contributed by atoms with Crippen LogP contribution in [0.15, 0.2) is 0 Å². The zero-order valence-electron chi connectivity index (χ0n) is 6.74. The van der Waals surface area contributed by atoms with Gasteiger partial charge in [0.15, 0.2) is 0 Å². The second kappa shape index (κ2) is 1.46. The molecule has 0 unspecified atom stereocenters. The number of hydrogen-bond acceptors (Lipinski definition) is 1. The summed E-state index contributed by atoms with van der Waals surface area (Å²) in [7, 11) is 0. The molecular formula is C9H14O. The van der Waals surface area contributed by atoms with Gasteiger partial charge in [0.05, 0.1) is 0 Å². The Morgan fingerprint density at radius 3 is 2.10 bits per heavy atom. The smallest absolute Gasteiger partial charge is 0.139 e. The molecule has 0 bridgehead atoms. The molecule has 1 nitrogen and oxygen atoms in total. The lowest BCUT2D eigenvalue weighted by atomic mass is 9.90. The summed E-state index contributed by atoms with van der Waals surface area (Å²) >= 11 is 0. The first-order chi connectivity index (χ1) is 4.54. The van der Waals surface area contributed by atoms with Crippen molar-refractivity contribution in [2.45, 2.75) is 39.5 Å². The van der Waals surface area contributed by atoms with Gasteiger partial charge in [-0.05, 0) is 24.7 Å². The zero-order valence-corrected chi connectivity index (χ0v) is 6.74. The molecular weight excluding hydrogens is 124 g/mol. The molecule has 0 amide bonds. The molecule has 0 atom stereocenters. The van der Waals surface area contributed by atoms with Gasteiger partial charge < -0.3 is 0 Å². The van der Waals surface area contributed by atoms with Gasteiger partial charge in [-0.1, -0.05) is 13.8 Å². The van der Waals surface area contributed by atoms with Gasteiger partial charge in [0.25, 0.3) is 0 Å². The molecule has 2 saturated carbocycles. The van der Waals surface area contributed by atoms with Gasteiger partial charge in [0.2, 0.25) is 0 Å². The Hall–Kier alpha value is -0.330. The number of ketones is 1. The van der Waals surface area contributed by atoms with Gasteiger partial charge in [0, 0.05) is 11.8 Å². The highest BCUT2D eigenvalue weighted by atomic mass is 16.1. The van der Waals surface area contributed by atoms with E-state index in [4.69, 9.17) is 0 Å². The van der Waals surface area contributed by atoms with Gasteiger partial charge >= 0.3 is 0 Å². The van der Waals surface area contributed by atoms with E-state index in [1.54, 1.807) is 0 Å². The molecule has 2 fully saturated rings. The summed E-state index contributed by atoms with van der Waals surface area (Å²) in [5.41, 5.74) is 0.511. The van der Waals surface area contributed by atoms with Gasteiger partial charge in [-0.15, -0.1) is 0 Å². The monoisotopic (exact) mass is 138 g/mol. The van der Waals surface area contributed by atoms with E-state index < -0.39 is 0 Å². The first-order valence-corrected chi connectivity index (χ1v) is 4.08. The van der Waals surface area contributed by atoms with E-state index in [9.17, 15) is 4.79 Å². The summed E-state index contributed by atoms with van der Waals surface area (Å²) in [4.78, 5) is 11.4. The van der Waals surface area contributed by atoms with Crippen LogP contribution in [0.5, 0.6) is 0 Å². The molecule has 0 N–H and O–H groups in total. The van der Waals surface area contributed by atoms with Crippen LogP contribution in [0.25, 0.3) is 0 Å². The van der Waals surface area contributed by atoms with Crippen molar-refractivity contribution in [1.82, 2.24) is 0 Å². The van der Waals surface area contributed by atoms with Gasteiger partial charge in [-0.2, -0.15) is 0 Å². The zero-order chi connectivity index (χ0) is 7.41. The van der Waals surface area contributed by atoms with Crippen LogP contribution in [0.4, 0.5) is 0 Å². The average molecular weight is 138 g/mol. The topological polar surface area (TPSA) is 17.1 Å². The highest BCUT2D eigenvalue weighted by molar-refractivity contribution is 5.90. The molecule has 1 spiro atoms. The molecule has 0 aliphatic heterocycles. The summed E-state index contributed by atoms with van der Waals surface area (Å²) in [6.07, 6.45) is 4.33. The van der Waals surface area contributed by atoms with E-state index in [2.05, 4.69) is 13.8 Å². The Morgan fingerprint density at radius 2 is 1.90 bits per heavy atom. The Kier molecular flexibility index (Phi) is 0.934. The standard InChI is InChI=1S/C9H14O/c1-8(2)5-7(10)9(6-8)3-4-9/h3-6H2,1-2H3. The third-order valence-electron chi connectivity index (χ3n) is 2.90. The van der Waals surface area contributed by atoms with Crippen LogP contribution in [-0.2, 0) is 4.79 Å². The summed E-state index contributed by atoms with van der Waals surface area (Å²) in [6, 6.07) is 0. The van der Waals surface area contributed by atoms with Crippen molar-refractivity contribution in [3.8, 4) is 0 Å². The molecule has 0 radical (unpaired) electrons. The van der Waals surface area contributed by atoms with Crippen molar-refractivity contribution in [1.29, 1.82) is 0 Å².